The third-order valence-electron chi connectivity index (χ3n) is 1.79. The van der Waals surface area contributed by atoms with E-state index in [4.69, 9.17) is 15.1 Å². The predicted molar refractivity (Wildman–Crippen MR) is 54.6 cm³/mol. The number of aliphatic hydroxyl groups is 1. The average Bonchev–Trinajstić information content (AvgIpc) is 2.11. The van der Waals surface area contributed by atoms with E-state index in [1.165, 1.54) is 0 Å². The molecule has 0 radical (unpaired) electrons. The maximum absolute atomic E-state index is 9.15. The Balaban J connectivity index is 3.78. The van der Waals surface area contributed by atoms with Crippen LogP contribution < -0.4 is 0 Å². The molecule has 1 N–H and O–H groups in total. The molecule has 0 aliphatic rings. The minimum atomic E-state index is -0.523. The summed E-state index contributed by atoms with van der Waals surface area (Å²) in [5.74, 6) is 0.907. The minimum Gasteiger partial charge on any atom is -0.391 e. The zero-order valence-electron chi connectivity index (χ0n) is 8.36. The molecule has 3 atom stereocenters. The maximum Gasteiger partial charge on any atom is 0.145 e. The number of thioether (sulfide) groups is 1. The first-order valence-electron chi connectivity index (χ1n) is 4.34. The summed E-state index contributed by atoms with van der Waals surface area (Å²) in [5, 5.41) is 17.9. The molecule has 3 nitrogen and oxygen atoms in total. The molecule has 0 bridgehead atoms. The van der Waals surface area contributed by atoms with Crippen molar-refractivity contribution in [3.05, 3.63) is 0 Å². The Hall–Kier alpha value is -0.240. The third kappa shape index (κ3) is 5.92. The molecule has 0 aromatic rings. The summed E-state index contributed by atoms with van der Waals surface area (Å²) in [6.45, 7) is 3.43. The fraction of sp³-hybridized carbons (Fsp3) is 0.889. The van der Waals surface area contributed by atoms with Crippen LogP contribution in [0.25, 0.3) is 0 Å². The lowest BCUT2D eigenvalue weighted by molar-refractivity contribution is -0.0418. The van der Waals surface area contributed by atoms with Crippen LogP contribution in [0.15, 0.2) is 0 Å². The lowest BCUT2D eigenvalue weighted by atomic mass is 10.2. The lowest BCUT2D eigenvalue weighted by Gasteiger charge is -2.19. The van der Waals surface area contributed by atoms with Gasteiger partial charge < -0.3 is 9.84 Å². The lowest BCUT2D eigenvalue weighted by Crippen LogP contribution is -2.28. The molecule has 0 heterocycles. The second-order valence-corrected chi connectivity index (χ2v) is 3.97. The topological polar surface area (TPSA) is 53.2 Å². The fourth-order valence-electron chi connectivity index (χ4n) is 0.761. The second kappa shape index (κ2) is 7.19. The highest BCUT2D eigenvalue weighted by molar-refractivity contribution is 7.98. The van der Waals surface area contributed by atoms with Crippen LogP contribution in [0.4, 0.5) is 0 Å². The molecule has 0 aliphatic heterocycles. The van der Waals surface area contributed by atoms with Gasteiger partial charge in [-0.2, -0.15) is 17.0 Å². The zero-order valence-corrected chi connectivity index (χ0v) is 9.17. The molecule has 0 spiro atoms. The van der Waals surface area contributed by atoms with Gasteiger partial charge in [0.25, 0.3) is 0 Å². The highest BCUT2D eigenvalue weighted by Crippen LogP contribution is 2.08. The maximum atomic E-state index is 9.15. The van der Waals surface area contributed by atoms with Crippen LogP contribution in [0.5, 0.6) is 0 Å². The zero-order chi connectivity index (χ0) is 10.3. The summed E-state index contributed by atoms with van der Waals surface area (Å²) >= 11 is 1.69. The quantitative estimate of drug-likeness (QED) is 0.709. The fourth-order valence-corrected chi connectivity index (χ4v) is 1.21. The summed E-state index contributed by atoms with van der Waals surface area (Å²) in [5.41, 5.74) is 0. The van der Waals surface area contributed by atoms with Gasteiger partial charge >= 0.3 is 0 Å². The van der Waals surface area contributed by atoms with E-state index < -0.39 is 12.2 Å². The summed E-state index contributed by atoms with van der Waals surface area (Å²) in [4.78, 5) is 0. The van der Waals surface area contributed by atoms with Gasteiger partial charge in [0.1, 0.15) is 6.10 Å². The van der Waals surface area contributed by atoms with E-state index in [1.807, 2.05) is 6.26 Å². The minimum absolute atomic E-state index is 0.272. The van der Waals surface area contributed by atoms with Gasteiger partial charge in [-0.25, -0.2) is 0 Å². The summed E-state index contributed by atoms with van der Waals surface area (Å²) in [6, 6.07) is 2.08. The van der Waals surface area contributed by atoms with E-state index in [-0.39, 0.29) is 6.10 Å². The number of hydrogen-bond donors (Lipinski definition) is 1. The standard InChI is InChI=1S/C9H17NO2S/c1-7(11)8(2)12-9(6-10)4-5-13-3/h7-9,11H,4-5H2,1-3H3. The molecule has 3 unspecified atom stereocenters. The summed E-state index contributed by atoms with van der Waals surface area (Å²) < 4.78 is 5.34. The van der Waals surface area contributed by atoms with Crippen molar-refractivity contribution in [1.29, 1.82) is 5.26 Å². The number of hydrogen-bond acceptors (Lipinski definition) is 4. The van der Waals surface area contributed by atoms with Gasteiger partial charge in [0.15, 0.2) is 0 Å². The second-order valence-electron chi connectivity index (χ2n) is 2.98. The number of aliphatic hydroxyl groups excluding tert-OH is 1. The van der Waals surface area contributed by atoms with Crippen LogP contribution in [0.1, 0.15) is 20.3 Å². The smallest absolute Gasteiger partial charge is 0.145 e. The SMILES string of the molecule is CSCCC(C#N)OC(C)C(C)O. The Kier molecular flexibility index (Phi) is 7.06. The first kappa shape index (κ1) is 12.8. The van der Waals surface area contributed by atoms with Gasteiger partial charge in [-0.1, -0.05) is 0 Å². The van der Waals surface area contributed by atoms with Gasteiger partial charge in [-0.3, -0.25) is 0 Å². The van der Waals surface area contributed by atoms with E-state index in [1.54, 1.807) is 25.6 Å². The Morgan fingerprint density at radius 2 is 2.15 bits per heavy atom. The number of nitriles is 1. The molecule has 0 amide bonds. The molecule has 0 aromatic carbocycles. The highest BCUT2D eigenvalue weighted by atomic mass is 32.2. The van der Waals surface area contributed by atoms with Crippen molar-refractivity contribution in [2.75, 3.05) is 12.0 Å². The van der Waals surface area contributed by atoms with Gasteiger partial charge in [0.05, 0.1) is 18.3 Å². The molecule has 0 saturated heterocycles. The Labute approximate surface area is 84.1 Å². The number of ether oxygens (including phenoxy) is 1. The molecule has 4 heteroatoms. The molecule has 0 rings (SSSR count). The van der Waals surface area contributed by atoms with Crippen molar-refractivity contribution in [3.8, 4) is 6.07 Å². The van der Waals surface area contributed by atoms with E-state index >= 15 is 0 Å². The van der Waals surface area contributed by atoms with E-state index in [0.717, 1.165) is 5.75 Å². The van der Waals surface area contributed by atoms with Gasteiger partial charge in [0.2, 0.25) is 0 Å². The van der Waals surface area contributed by atoms with E-state index in [2.05, 4.69) is 6.07 Å². The molecule has 76 valence electrons. The first-order chi connectivity index (χ1) is 6.11. The first-order valence-corrected chi connectivity index (χ1v) is 5.73. The van der Waals surface area contributed by atoms with Crippen molar-refractivity contribution in [2.45, 2.75) is 38.6 Å². The molecular weight excluding hydrogens is 186 g/mol. The largest absolute Gasteiger partial charge is 0.391 e. The number of rotatable bonds is 6. The van der Waals surface area contributed by atoms with Crippen LogP contribution >= 0.6 is 11.8 Å². The van der Waals surface area contributed by atoms with Gasteiger partial charge in [0, 0.05) is 0 Å². The molecular formula is C9H17NO2S. The highest BCUT2D eigenvalue weighted by Gasteiger charge is 2.15. The average molecular weight is 203 g/mol. The Morgan fingerprint density at radius 1 is 1.54 bits per heavy atom. The van der Waals surface area contributed by atoms with E-state index in [9.17, 15) is 0 Å². The van der Waals surface area contributed by atoms with Crippen LogP contribution in [-0.4, -0.2) is 35.4 Å². The van der Waals surface area contributed by atoms with Crippen molar-refractivity contribution in [3.63, 3.8) is 0 Å². The normalized spacial score (nSPS) is 17.5. The Bertz CT molecular complexity index is 167. The van der Waals surface area contributed by atoms with Crippen LogP contribution in [0.2, 0.25) is 0 Å². The molecule has 0 fully saturated rings. The Morgan fingerprint density at radius 3 is 2.54 bits per heavy atom. The monoisotopic (exact) mass is 203 g/mol. The van der Waals surface area contributed by atoms with E-state index in [0.29, 0.717) is 6.42 Å². The van der Waals surface area contributed by atoms with Crippen molar-refractivity contribution in [2.24, 2.45) is 0 Å². The summed E-state index contributed by atoms with van der Waals surface area (Å²) in [7, 11) is 0. The number of nitrogens with zero attached hydrogens (tertiary/aromatic N) is 1. The third-order valence-corrected chi connectivity index (χ3v) is 2.43. The van der Waals surface area contributed by atoms with Crippen LogP contribution in [0, 0.1) is 11.3 Å². The summed E-state index contributed by atoms with van der Waals surface area (Å²) in [6.07, 6.45) is 1.52. The predicted octanol–water partition coefficient (Wildman–Crippen LogP) is 1.42. The van der Waals surface area contributed by atoms with Gasteiger partial charge in [-0.05, 0) is 32.3 Å². The van der Waals surface area contributed by atoms with Crippen LogP contribution in [-0.2, 0) is 4.74 Å². The molecule has 0 aromatic heterocycles. The van der Waals surface area contributed by atoms with Crippen molar-refractivity contribution < 1.29 is 9.84 Å². The van der Waals surface area contributed by atoms with Crippen LogP contribution in [0.3, 0.4) is 0 Å². The molecule has 0 saturated carbocycles. The van der Waals surface area contributed by atoms with Crippen molar-refractivity contribution in [1.82, 2.24) is 0 Å². The molecule has 0 aliphatic carbocycles. The van der Waals surface area contributed by atoms with Crippen molar-refractivity contribution >= 4 is 11.8 Å². The van der Waals surface area contributed by atoms with Gasteiger partial charge in [-0.15, -0.1) is 0 Å². The molecule has 13 heavy (non-hydrogen) atoms.